The average Bonchev–Trinajstić information content (AvgIpc) is 2.67. The minimum absolute atomic E-state index is 0.0145. The number of nitrogens with zero attached hydrogens (tertiary/aromatic N) is 2. The van der Waals surface area contributed by atoms with Gasteiger partial charge in [0.15, 0.2) is 0 Å². The van der Waals surface area contributed by atoms with E-state index in [1.54, 1.807) is 0 Å². The second-order valence-corrected chi connectivity index (χ2v) is 5.37. The van der Waals surface area contributed by atoms with Crippen LogP contribution in [0.2, 0.25) is 0 Å². The van der Waals surface area contributed by atoms with Crippen molar-refractivity contribution < 1.29 is 13.2 Å². The minimum atomic E-state index is -4.17. The highest BCUT2D eigenvalue weighted by atomic mass is 32.2. The summed E-state index contributed by atoms with van der Waals surface area (Å²) in [6.07, 6.45) is 1.71. The average molecular weight is 288 g/mol. The second kappa shape index (κ2) is 5.86. The number of fused-ring (bicyclic) bond motifs is 1. The molecule has 0 saturated carbocycles. The third-order valence-corrected chi connectivity index (χ3v) is 3.50. The Morgan fingerprint density at radius 3 is 2.68 bits per heavy atom. The molecule has 0 aliphatic rings. The molecule has 0 spiro atoms. The molecular weight excluding hydrogens is 273 g/mol. The van der Waals surface area contributed by atoms with Gasteiger partial charge in [0.2, 0.25) is 0 Å². The van der Waals surface area contributed by atoms with Crippen molar-refractivity contribution in [2.75, 3.05) is 5.75 Å². The zero-order valence-electron chi connectivity index (χ0n) is 10.6. The maximum atomic E-state index is 12.2. The van der Waals surface area contributed by atoms with E-state index in [4.69, 9.17) is 0 Å². The molecule has 0 bridgehead atoms. The zero-order chi connectivity index (χ0) is 13.9. The van der Waals surface area contributed by atoms with Gasteiger partial charge in [-0.2, -0.15) is 13.2 Å². The summed E-state index contributed by atoms with van der Waals surface area (Å²) in [5, 5.41) is 0. The Morgan fingerprint density at radius 1 is 1.26 bits per heavy atom. The lowest BCUT2D eigenvalue weighted by molar-refractivity contribution is -0.0328. The molecule has 1 aromatic carbocycles. The lowest BCUT2D eigenvalue weighted by Crippen LogP contribution is -2.09. The largest absolute Gasteiger partial charge is 0.441 e. The predicted molar refractivity (Wildman–Crippen MR) is 72.2 cm³/mol. The van der Waals surface area contributed by atoms with Gasteiger partial charge in [0.05, 0.1) is 11.0 Å². The van der Waals surface area contributed by atoms with Gasteiger partial charge in [0.25, 0.3) is 0 Å². The monoisotopic (exact) mass is 288 g/mol. The third-order valence-electron chi connectivity index (χ3n) is 2.79. The van der Waals surface area contributed by atoms with Crippen molar-refractivity contribution >= 4 is 22.8 Å². The van der Waals surface area contributed by atoms with Crippen LogP contribution in [0.5, 0.6) is 0 Å². The maximum absolute atomic E-state index is 12.2. The van der Waals surface area contributed by atoms with Crippen LogP contribution in [0.4, 0.5) is 13.2 Å². The quantitative estimate of drug-likeness (QED) is 0.819. The summed E-state index contributed by atoms with van der Waals surface area (Å²) in [5.74, 6) is 0.882. The van der Waals surface area contributed by atoms with Crippen molar-refractivity contribution in [3.63, 3.8) is 0 Å². The molecule has 0 radical (unpaired) electrons. The fourth-order valence-electron chi connectivity index (χ4n) is 2.04. The lowest BCUT2D eigenvalue weighted by atomic mass is 10.3. The second-order valence-electron chi connectivity index (χ2n) is 4.21. The van der Waals surface area contributed by atoms with Crippen molar-refractivity contribution in [1.82, 2.24) is 9.55 Å². The molecule has 1 aromatic heterocycles. The Morgan fingerprint density at radius 2 is 2.00 bits per heavy atom. The summed E-state index contributed by atoms with van der Waals surface area (Å²) in [5.41, 5.74) is -2.40. The van der Waals surface area contributed by atoms with Gasteiger partial charge in [0, 0.05) is 18.7 Å². The van der Waals surface area contributed by atoms with Crippen LogP contribution in [0.1, 0.15) is 19.2 Å². The highest BCUT2D eigenvalue weighted by Crippen LogP contribution is 2.30. The SMILES string of the molecule is CCCc1nc2ccccc2n1CCSC(F)(F)F. The summed E-state index contributed by atoms with van der Waals surface area (Å²) >= 11 is 0.0185. The topological polar surface area (TPSA) is 17.8 Å². The minimum Gasteiger partial charge on any atom is -0.327 e. The number of imidazole rings is 1. The van der Waals surface area contributed by atoms with Crippen molar-refractivity contribution in [2.24, 2.45) is 0 Å². The van der Waals surface area contributed by atoms with Gasteiger partial charge in [-0.1, -0.05) is 19.1 Å². The summed E-state index contributed by atoms with van der Waals surface area (Å²) in [4.78, 5) is 4.49. The molecule has 0 saturated heterocycles. The van der Waals surface area contributed by atoms with E-state index in [9.17, 15) is 13.2 Å². The highest BCUT2D eigenvalue weighted by Gasteiger charge is 2.27. The number of para-hydroxylation sites is 2. The predicted octanol–water partition coefficient (Wildman–Crippen LogP) is 4.24. The molecule has 2 rings (SSSR count). The molecule has 0 aliphatic carbocycles. The van der Waals surface area contributed by atoms with Crippen molar-refractivity contribution in [2.45, 2.75) is 31.8 Å². The van der Waals surface area contributed by atoms with Crippen LogP contribution < -0.4 is 0 Å². The van der Waals surface area contributed by atoms with E-state index in [0.717, 1.165) is 29.7 Å². The van der Waals surface area contributed by atoms with Crippen LogP contribution in [-0.2, 0) is 13.0 Å². The van der Waals surface area contributed by atoms with Crippen molar-refractivity contribution in [3.8, 4) is 0 Å². The summed E-state index contributed by atoms with van der Waals surface area (Å²) in [6, 6.07) is 7.56. The zero-order valence-corrected chi connectivity index (χ0v) is 11.4. The van der Waals surface area contributed by atoms with Gasteiger partial charge in [-0.25, -0.2) is 4.98 Å². The molecule has 2 aromatic rings. The van der Waals surface area contributed by atoms with E-state index < -0.39 is 5.51 Å². The third kappa shape index (κ3) is 3.65. The first kappa shape index (κ1) is 14.2. The van der Waals surface area contributed by atoms with E-state index in [0.29, 0.717) is 6.54 Å². The number of hydrogen-bond donors (Lipinski definition) is 0. The van der Waals surface area contributed by atoms with Crippen molar-refractivity contribution in [1.29, 1.82) is 0 Å². The van der Waals surface area contributed by atoms with Crippen LogP contribution in [0.25, 0.3) is 11.0 Å². The van der Waals surface area contributed by atoms with E-state index in [2.05, 4.69) is 4.98 Å². The smallest absolute Gasteiger partial charge is 0.327 e. The Bertz CT molecular complexity index is 548. The summed E-state index contributed by atoms with van der Waals surface area (Å²) < 4.78 is 38.5. The Balaban J connectivity index is 2.21. The number of alkyl halides is 3. The number of benzene rings is 1. The first-order chi connectivity index (χ1) is 9.01. The first-order valence-electron chi connectivity index (χ1n) is 6.16. The molecule has 0 N–H and O–H groups in total. The van der Waals surface area contributed by atoms with E-state index >= 15 is 0 Å². The van der Waals surface area contributed by atoms with E-state index in [-0.39, 0.29) is 17.5 Å². The number of aromatic nitrogens is 2. The Kier molecular flexibility index (Phi) is 4.39. The van der Waals surface area contributed by atoms with E-state index in [1.165, 1.54) is 0 Å². The first-order valence-corrected chi connectivity index (χ1v) is 7.14. The van der Waals surface area contributed by atoms with Crippen LogP contribution in [-0.4, -0.2) is 20.8 Å². The van der Waals surface area contributed by atoms with Crippen LogP contribution in [0.3, 0.4) is 0 Å². The lowest BCUT2D eigenvalue weighted by Gasteiger charge is -2.09. The maximum Gasteiger partial charge on any atom is 0.441 e. The number of thioether (sulfide) groups is 1. The Labute approximate surface area is 114 Å². The molecule has 2 nitrogen and oxygen atoms in total. The fraction of sp³-hybridized carbons (Fsp3) is 0.462. The molecule has 104 valence electrons. The molecule has 0 unspecified atom stereocenters. The number of aryl methyl sites for hydroxylation is 2. The number of rotatable bonds is 5. The molecule has 0 aliphatic heterocycles. The Hall–Kier alpha value is -1.17. The summed E-state index contributed by atoms with van der Waals surface area (Å²) in [6.45, 7) is 2.37. The fourth-order valence-corrected chi connectivity index (χ4v) is 2.55. The normalized spacial score (nSPS) is 12.2. The van der Waals surface area contributed by atoms with Gasteiger partial charge in [-0.3, -0.25) is 0 Å². The number of hydrogen-bond acceptors (Lipinski definition) is 2. The molecule has 0 amide bonds. The molecular formula is C13H15F3N2S. The van der Waals surface area contributed by atoms with Gasteiger partial charge in [-0.05, 0) is 30.3 Å². The molecule has 0 atom stereocenters. The van der Waals surface area contributed by atoms with Crippen LogP contribution in [0, 0.1) is 0 Å². The summed E-state index contributed by atoms with van der Waals surface area (Å²) in [7, 11) is 0. The molecule has 6 heteroatoms. The van der Waals surface area contributed by atoms with Crippen LogP contribution in [0.15, 0.2) is 24.3 Å². The van der Waals surface area contributed by atoms with Gasteiger partial charge < -0.3 is 4.57 Å². The van der Waals surface area contributed by atoms with Gasteiger partial charge >= 0.3 is 5.51 Å². The number of halogens is 3. The van der Waals surface area contributed by atoms with E-state index in [1.807, 2.05) is 35.8 Å². The van der Waals surface area contributed by atoms with Gasteiger partial charge in [-0.15, -0.1) is 0 Å². The van der Waals surface area contributed by atoms with Gasteiger partial charge in [0.1, 0.15) is 5.82 Å². The van der Waals surface area contributed by atoms with Crippen LogP contribution >= 0.6 is 11.8 Å². The molecule has 1 heterocycles. The highest BCUT2D eigenvalue weighted by molar-refractivity contribution is 8.00. The van der Waals surface area contributed by atoms with Crippen molar-refractivity contribution in [3.05, 3.63) is 30.1 Å². The standard InChI is InChI=1S/C13H15F3N2S/c1-2-5-12-17-10-6-3-4-7-11(10)18(12)8-9-19-13(14,15)16/h3-4,6-7H,2,5,8-9H2,1H3. The molecule has 0 fully saturated rings. The molecule has 19 heavy (non-hydrogen) atoms.